The standard InChI is InChI=1S/C27H31N3O6S/c1-3-5-16-37(33,34)29-21-12-10-19(11-13-21)26-23(27(32)36-28-26)17-20-18-30(15-14-25(31)35-4-2)24-9-7-6-8-22(20)24/h6-13,17,20,29H,3-5,14-16,18H2,1-2H3/b23-17-. The number of nitrogens with one attached hydrogen (secondary N) is 1. The van der Waals surface area contributed by atoms with Gasteiger partial charge in [-0.3, -0.25) is 9.52 Å². The highest BCUT2D eigenvalue weighted by Crippen LogP contribution is 2.38. The van der Waals surface area contributed by atoms with E-state index in [2.05, 4.69) is 14.8 Å². The van der Waals surface area contributed by atoms with Crippen LogP contribution in [0.5, 0.6) is 0 Å². The molecule has 0 saturated carbocycles. The van der Waals surface area contributed by atoms with Crippen LogP contribution in [0.3, 0.4) is 0 Å². The number of unbranched alkanes of at least 4 members (excludes halogenated alkanes) is 1. The summed E-state index contributed by atoms with van der Waals surface area (Å²) in [4.78, 5) is 31.6. The molecule has 9 nitrogen and oxygen atoms in total. The zero-order valence-corrected chi connectivity index (χ0v) is 21.8. The van der Waals surface area contributed by atoms with Crippen LogP contribution in [0.1, 0.15) is 50.2 Å². The van der Waals surface area contributed by atoms with E-state index in [9.17, 15) is 18.0 Å². The first-order valence-electron chi connectivity index (χ1n) is 12.4. The largest absolute Gasteiger partial charge is 0.466 e. The molecule has 0 radical (unpaired) electrons. The fourth-order valence-corrected chi connectivity index (χ4v) is 5.70. The van der Waals surface area contributed by atoms with Gasteiger partial charge in [-0.15, -0.1) is 0 Å². The number of carbonyl (C=O) groups excluding carboxylic acids is 2. The lowest BCUT2D eigenvalue weighted by Crippen LogP contribution is -2.25. The van der Waals surface area contributed by atoms with Crippen LogP contribution in [0.25, 0.3) is 0 Å². The lowest BCUT2D eigenvalue weighted by atomic mass is 9.94. The summed E-state index contributed by atoms with van der Waals surface area (Å²) in [6, 6.07) is 14.6. The van der Waals surface area contributed by atoms with Crippen LogP contribution in [-0.4, -0.2) is 51.5 Å². The van der Waals surface area contributed by atoms with Crippen molar-refractivity contribution in [2.24, 2.45) is 5.16 Å². The maximum absolute atomic E-state index is 12.6. The van der Waals surface area contributed by atoms with Crippen molar-refractivity contribution < 1.29 is 27.6 Å². The molecule has 2 aromatic carbocycles. The Bertz CT molecular complexity index is 1320. The number of hydrogen-bond donors (Lipinski definition) is 1. The zero-order chi connectivity index (χ0) is 26.4. The van der Waals surface area contributed by atoms with Crippen LogP contribution in [0.15, 0.2) is 65.3 Å². The number of oxime groups is 1. The molecule has 0 aromatic heterocycles. The molecule has 0 spiro atoms. The van der Waals surface area contributed by atoms with E-state index >= 15 is 0 Å². The molecule has 196 valence electrons. The quantitative estimate of drug-likeness (QED) is 0.268. The third-order valence-corrected chi connectivity index (χ3v) is 7.62. The molecule has 4 rings (SSSR count). The van der Waals surface area contributed by atoms with Crippen molar-refractivity contribution in [2.45, 2.75) is 39.0 Å². The zero-order valence-electron chi connectivity index (χ0n) is 21.0. The maximum atomic E-state index is 12.6. The van der Waals surface area contributed by atoms with Gasteiger partial charge in [0.1, 0.15) is 5.71 Å². The number of rotatable bonds is 11. The Morgan fingerprint density at radius 1 is 1.19 bits per heavy atom. The molecule has 1 atom stereocenters. The van der Waals surface area contributed by atoms with Gasteiger partial charge in [-0.05, 0) is 37.1 Å². The summed E-state index contributed by atoms with van der Waals surface area (Å²) in [5.41, 5.74) is 3.89. The van der Waals surface area contributed by atoms with Gasteiger partial charge in [0.25, 0.3) is 0 Å². The van der Waals surface area contributed by atoms with Gasteiger partial charge in [0.2, 0.25) is 10.0 Å². The van der Waals surface area contributed by atoms with E-state index in [1.807, 2.05) is 37.3 Å². The highest BCUT2D eigenvalue weighted by molar-refractivity contribution is 7.92. The summed E-state index contributed by atoms with van der Waals surface area (Å²) < 4.78 is 32.0. The molecule has 2 aliphatic heterocycles. The van der Waals surface area contributed by atoms with E-state index in [0.717, 1.165) is 17.7 Å². The second kappa shape index (κ2) is 11.6. The molecular formula is C27H31N3O6S. The summed E-state index contributed by atoms with van der Waals surface area (Å²) in [7, 11) is -3.42. The van der Waals surface area contributed by atoms with E-state index in [1.54, 1.807) is 31.2 Å². The van der Waals surface area contributed by atoms with Crippen molar-refractivity contribution in [1.82, 2.24) is 0 Å². The normalized spacial score (nSPS) is 17.9. The molecule has 0 bridgehead atoms. The highest BCUT2D eigenvalue weighted by Gasteiger charge is 2.32. The molecule has 0 aliphatic carbocycles. The summed E-state index contributed by atoms with van der Waals surface area (Å²) >= 11 is 0. The Hall–Kier alpha value is -3.66. The Morgan fingerprint density at radius 3 is 2.68 bits per heavy atom. The van der Waals surface area contributed by atoms with Crippen molar-refractivity contribution >= 4 is 39.0 Å². The summed E-state index contributed by atoms with van der Waals surface area (Å²) in [6.07, 6.45) is 3.51. The molecule has 2 heterocycles. The van der Waals surface area contributed by atoms with Gasteiger partial charge >= 0.3 is 11.9 Å². The monoisotopic (exact) mass is 525 g/mol. The molecule has 0 fully saturated rings. The van der Waals surface area contributed by atoms with Gasteiger partial charge < -0.3 is 14.5 Å². The van der Waals surface area contributed by atoms with Crippen LogP contribution in [0.4, 0.5) is 11.4 Å². The van der Waals surface area contributed by atoms with Crippen LogP contribution in [0.2, 0.25) is 0 Å². The molecular weight excluding hydrogens is 494 g/mol. The molecule has 37 heavy (non-hydrogen) atoms. The van der Waals surface area contributed by atoms with Gasteiger partial charge in [0.05, 0.1) is 24.4 Å². The lowest BCUT2D eigenvalue weighted by Gasteiger charge is -2.19. The molecule has 1 unspecified atom stereocenters. The van der Waals surface area contributed by atoms with E-state index in [4.69, 9.17) is 9.57 Å². The second-order valence-corrected chi connectivity index (χ2v) is 10.8. The fraction of sp³-hybridized carbons (Fsp3) is 0.370. The summed E-state index contributed by atoms with van der Waals surface area (Å²) in [5, 5.41) is 4.00. The number of nitrogens with zero attached hydrogens (tertiary/aromatic N) is 2. The Balaban J connectivity index is 1.52. The molecule has 0 amide bonds. The minimum atomic E-state index is -3.42. The molecule has 2 aliphatic rings. The number of ether oxygens (including phenoxy) is 1. The number of fused-ring (bicyclic) bond motifs is 1. The van der Waals surface area contributed by atoms with Crippen molar-refractivity contribution in [3.05, 3.63) is 71.3 Å². The minimum absolute atomic E-state index is 0.0624. The van der Waals surface area contributed by atoms with Crippen LogP contribution >= 0.6 is 0 Å². The van der Waals surface area contributed by atoms with Crippen molar-refractivity contribution in [3.63, 3.8) is 0 Å². The number of carbonyl (C=O) groups is 2. The number of benzene rings is 2. The first kappa shape index (κ1) is 26.4. The molecule has 1 N–H and O–H groups in total. The first-order valence-corrected chi connectivity index (χ1v) is 14.1. The van der Waals surface area contributed by atoms with Crippen LogP contribution < -0.4 is 9.62 Å². The predicted octanol–water partition coefficient (Wildman–Crippen LogP) is 3.97. The topological polar surface area (TPSA) is 114 Å². The Morgan fingerprint density at radius 2 is 1.95 bits per heavy atom. The third-order valence-electron chi connectivity index (χ3n) is 6.25. The Kier molecular flexibility index (Phi) is 8.27. The average Bonchev–Trinajstić information content (AvgIpc) is 3.42. The molecule has 10 heteroatoms. The minimum Gasteiger partial charge on any atom is -0.466 e. The average molecular weight is 526 g/mol. The number of esters is 1. The second-order valence-electron chi connectivity index (χ2n) is 8.92. The Labute approximate surface area is 217 Å². The van der Waals surface area contributed by atoms with E-state index < -0.39 is 16.0 Å². The molecule has 2 aromatic rings. The van der Waals surface area contributed by atoms with Gasteiger partial charge in [-0.25, -0.2) is 13.2 Å². The van der Waals surface area contributed by atoms with Gasteiger partial charge in [-0.1, -0.05) is 54.9 Å². The number of sulfonamides is 1. The van der Waals surface area contributed by atoms with Gasteiger partial charge in [0, 0.05) is 35.9 Å². The third kappa shape index (κ3) is 6.37. The smallest absolute Gasteiger partial charge is 0.367 e. The van der Waals surface area contributed by atoms with Crippen molar-refractivity contribution in [1.29, 1.82) is 0 Å². The number of hydrogen-bond acceptors (Lipinski definition) is 8. The molecule has 0 saturated heterocycles. The summed E-state index contributed by atoms with van der Waals surface area (Å²) in [6.45, 7) is 5.18. The van der Waals surface area contributed by atoms with E-state index in [-0.39, 0.29) is 24.1 Å². The number of para-hydroxylation sites is 1. The maximum Gasteiger partial charge on any atom is 0.367 e. The highest BCUT2D eigenvalue weighted by atomic mass is 32.2. The predicted molar refractivity (Wildman–Crippen MR) is 142 cm³/mol. The van der Waals surface area contributed by atoms with Crippen LogP contribution in [0, 0.1) is 0 Å². The van der Waals surface area contributed by atoms with Gasteiger partial charge in [0.15, 0.2) is 0 Å². The summed E-state index contributed by atoms with van der Waals surface area (Å²) in [5.74, 6) is -0.824. The van der Waals surface area contributed by atoms with E-state index in [0.29, 0.717) is 48.7 Å². The lowest BCUT2D eigenvalue weighted by molar-refractivity contribution is -0.143. The van der Waals surface area contributed by atoms with Crippen LogP contribution in [-0.2, 0) is 29.2 Å². The first-order chi connectivity index (χ1) is 17.8. The van der Waals surface area contributed by atoms with Crippen molar-refractivity contribution in [2.75, 3.05) is 35.1 Å². The van der Waals surface area contributed by atoms with E-state index in [1.165, 1.54) is 0 Å². The van der Waals surface area contributed by atoms with Gasteiger partial charge in [-0.2, -0.15) is 0 Å². The fourth-order valence-electron chi connectivity index (χ4n) is 4.44. The van der Waals surface area contributed by atoms with Crippen molar-refractivity contribution in [3.8, 4) is 0 Å². The SMILES string of the molecule is CCCCS(=O)(=O)Nc1ccc(C2=NOC(=O)/C2=C\C2CN(CCC(=O)OCC)c3ccccc32)cc1. The number of anilines is 2.